The summed E-state index contributed by atoms with van der Waals surface area (Å²) in [4.78, 5) is 4.16. The summed E-state index contributed by atoms with van der Waals surface area (Å²) in [6.45, 7) is 0.611. The zero-order valence-electron chi connectivity index (χ0n) is 9.43. The molecular formula is C13H12N2O2. The fourth-order valence-electron chi connectivity index (χ4n) is 1.76. The average molecular weight is 228 g/mol. The maximum Gasteiger partial charge on any atom is 0.209 e. The number of oxazole rings is 1. The third kappa shape index (κ3) is 1.83. The van der Waals surface area contributed by atoms with Gasteiger partial charge in [-0.3, -0.25) is 0 Å². The maximum atomic E-state index is 5.69. The molecule has 4 nitrogen and oxygen atoms in total. The molecule has 0 amide bonds. The molecule has 0 saturated carbocycles. The summed E-state index contributed by atoms with van der Waals surface area (Å²) in [7, 11) is 1.85. The fourth-order valence-corrected chi connectivity index (χ4v) is 1.76. The first kappa shape index (κ1) is 10.1. The lowest BCUT2D eigenvalue weighted by atomic mass is 10.2. The second kappa shape index (κ2) is 4.07. The third-order valence-electron chi connectivity index (χ3n) is 2.55. The lowest BCUT2D eigenvalue weighted by Crippen LogP contribution is -2.04. The Morgan fingerprint density at radius 3 is 2.88 bits per heavy atom. The molecule has 1 N–H and O–H groups in total. The van der Waals surface area contributed by atoms with Crippen LogP contribution < -0.4 is 5.32 Å². The van der Waals surface area contributed by atoms with Crippen LogP contribution in [0.15, 0.2) is 45.4 Å². The number of nitrogens with zero attached hydrogens (tertiary/aromatic N) is 1. The van der Waals surface area contributed by atoms with E-state index in [1.165, 1.54) is 0 Å². The molecule has 0 bridgehead atoms. The van der Waals surface area contributed by atoms with Crippen LogP contribution in [0.2, 0.25) is 0 Å². The van der Waals surface area contributed by atoms with Gasteiger partial charge in [-0.1, -0.05) is 18.2 Å². The van der Waals surface area contributed by atoms with Crippen molar-refractivity contribution in [3.8, 4) is 11.5 Å². The summed E-state index contributed by atoms with van der Waals surface area (Å²) in [6.07, 6.45) is 1.68. The first-order chi connectivity index (χ1) is 8.36. The van der Waals surface area contributed by atoms with Crippen LogP contribution in [0, 0.1) is 0 Å². The van der Waals surface area contributed by atoms with Crippen LogP contribution in [0.4, 0.5) is 0 Å². The van der Waals surface area contributed by atoms with Crippen molar-refractivity contribution in [3.05, 3.63) is 42.4 Å². The first-order valence-corrected chi connectivity index (χ1v) is 5.45. The van der Waals surface area contributed by atoms with Crippen LogP contribution in [-0.4, -0.2) is 12.0 Å². The van der Waals surface area contributed by atoms with Crippen molar-refractivity contribution in [2.24, 2.45) is 0 Å². The summed E-state index contributed by atoms with van der Waals surface area (Å²) in [5.41, 5.74) is 0.856. The van der Waals surface area contributed by atoms with Crippen molar-refractivity contribution in [1.29, 1.82) is 0 Å². The molecule has 0 aliphatic rings. The average Bonchev–Trinajstić information content (AvgIpc) is 2.94. The normalized spacial score (nSPS) is 11.1. The molecule has 2 heterocycles. The standard InChI is InChI=1S/C13H12N2O2/c1-14-8-13-15-7-12(17-13)11-6-9-4-2-3-5-10(9)16-11/h2-7,14H,8H2,1H3. The van der Waals surface area contributed by atoms with Crippen molar-refractivity contribution in [2.75, 3.05) is 7.05 Å². The van der Waals surface area contributed by atoms with Crippen molar-refractivity contribution >= 4 is 11.0 Å². The van der Waals surface area contributed by atoms with Gasteiger partial charge in [-0.15, -0.1) is 0 Å². The molecule has 17 heavy (non-hydrogen) atoms. The molecule has 1 aromatic carbocycles. The molecule has 0 spiro atoms. The minimum atomic E-state index is 0.611. The van der Waals surface area contributed by atoms with Gasteiger partial charge in [0.25, 0.3) is 0 Å². The lowest BCUT2D eigenvalue weighted by Gasteiger charge is -1.91. The van der Waals surface area contributed by atoms with Crippen LogP contribution >= 0.6 is 0 Å². The van der Waals surface area contributed by atoms with Gasteiger partial charge < -0.3 is 14.2 Å². The number of furan rings is 1. The Morgan fingerprint density at radius 2 is 2.06 bits per heavy atom. The van der Waals surface area contributed by atoms with E-state index in [1.54, 1.807) is 6.20 Å². The van der Waals surface area contributed by atoms with Crippen LogP contribution in [0.1, 0.15) is 5.89 Å². The molecule has 2 aromatic heterocycles. The van der Waals surface area contributed by atoms with Crippen molar-refractivity contribution in [1.82, 2.24) is 10.3 Å². The van der Waals surface area contributed by atoms with Gasteiger partial charge in [0, 0.05) is 5.39 Å². The number of para-hydroxylation sites is 1. The van der Waals surface area contributed by atoms with Crippen molar-refractivity contribution in [2.45, 2.75) is 6.54 Å². The Kier molecular flexibility index (Phi) is 2.42. The number of hydrogen-bond donors (Lipinski definition) is 1. The lowest BCUT2D eigenvalue weighted by molar-refractivity contribution is 0.476. The molecule has 0 saturated heterocycles. The highest BCUT2D eigenvalue weighted by atomic mass is 16.4. The highest BCUT2D eigenvalue weighted by molar-refractivity contribution is 5.81. The van der Waals surface area contributed by atoms with Crippen molar-refractivity contribution in [3.63, 3.8) is 0 Å². The largest absolute Gasteiger partial charge is 0.453 e. The van der Waals surface area contributed by atoms with Gasteiger partial charge in [0.05, 0.1) is 12.7 Å². The molecule has 86 valence electrons. The van der Waals surface area contributed by atoms with E-state index in [4.69, 9.17) is 8.83 Å². The predicted octanol–water partition coefficient (Wildman–Crippen LogP) is 2.81. The number of aromatic nitrogens is 1. The van der Waals surface area contributed by atoms with E-state index in [-0.39, 0.29) is 0 Å². The second-order valence-corrected chi connectivity index (χ2v) is 3.80. The number of nitrogens with one attached hydrogen (secondary N) is 1. The molecule has 0 atom stereocenters. The van der Waals surface area contributed by atoms with Gasteiger partial charge >= 0.3 is 0 Å². The topological polar surface area (TPSA) is 51.2 Å². The molecule has 0 radical (unpaired) electrons. The molecule has 3 rings (SSSR count). The molecule has 4 heteroatoms. The Hall–Kier alpha value is -2.07. The molecular weight excluding hydrogens is 216 g/mol. The summed E-state index contributed by atoms with van der Waals surface area (Å²) in [5, 5.41) is 4.05. The van der Waals surface area contributed by atoms with Crippen molar-refractivity contribution < 1.29 is 8.83 Å². The summed E-state index contributed by atoms with van der Waals surface area (Å²) in [6, 6.07) is 9.83. The monoisotopic (exact) mass is 228 g/mol. The quantitative estimate of drug-likeness (QED) is 0.748. The van der Waals surface area contributed by atoms with Gasteiger partial charge in [-0.2, -0.15) is 0 Å². The Morgan fingerprint density at radius 1 is 1.18 bits per heavy atom. The zero-order chi connectivity index (χ0) is 11.7. The minimum Gasteiger partial charge on any atom is -0.453 e. The zero-order valence-corrected chi connectivity index (χ0v) is 9.43. The van der Waals surface area contributed by atoms with Crippen LogP contribution in [0.25, 0.3) is 22.5 Å². The number of hydrogen-bond acceptors (Lipinski definition) is 4. The molecule has 0 fully saturated rings. The Labute approximate surface area is 98.3 Å². The highest BCUT2D eigenvalue weighted by Gasteiger charge is 2.10. The van der Waals surface area contributed by atoms with E-state index in [1.807, 2.05) is 37.4 Å². The van der Waals surface area contributed by atoms with Crippen LogP contribution in [0.3, 0.4) is 0 Å². The summed E-state index contributed by atoms with van der Waals surface area (Å²) >= 11 is 0. The van der Waals surface area contributed by atoms with E-state index < -0.39 is 0 Å². The predicted molar refractivity (Wildman–Crippen MR) is 64.5 cm³/mol. The maximum absolute atomic E-state index is 5.69. The SMILES string of the molecule is CNCc1ncc(-c2cc3ccccc3o2)o1. The van der Waals surface area contributed by atoms with E-state index in [0.29, 0.717) is 24.0 Å². The highest BCUT2D eigenvalue weighted by Crippen LogP contribution is 2.27. The van der Waals surface area contributed by atoms with Gasteiger partial charge in [0.1, 0.15) is 5.58 Å². The Balaban J connectivity index is 2.01. The van der Waals surface area contributed by atoms with E-state index in [0.717, 1.165) is 11.0 Å². The minimum absolute atomic E-state index is 0.611. The van der Waals surface area contributed by atoms with Gasteiger partial charge in [0.15, 0.2) is 11.5 Å². The summed E-state index contributed by atoms with van der Waals surface area (Å²) in [5.74, 6) is 2.02. The van der Waals surface area contributed by atoms with E-state index in [9.17, 15) is 0 Å². The number of rotatable bonds is 3. The number of benzene rings is 1. The molecule has 0 unspecified atom stereocenters. The van der Waals surface area contributed by atoms with Gasteiger partial charge in [-0.05, 0) is 19.2 Å². The van der Waals surface area contributed by atoms with Gasteiger partial charge in [0.2, 0.25) is 5.89 Å². The van der Waals surface area contributed by atoms with E-state index in [2.05, 4.69) is 10.3 Å². The van der Waals surface area contributed by atoms with Crippen LogP contribution in [0.5, 0.6) is 0 Å². The molecule has 3 aromatic rings. The van der Waals surface area contributed by atoms with Gasteiger partial charge in [-0.25, -0.2) is 4.98 Å². The van der Waals surface area contributed by atoms with E-state index >= 15 is 0 Å². The smallest absolute Gasteiger partial charge is 0.209 e. The summed E-state index contributed by atoms with van der Waals surface area (Å²) < 4.78 is 11.3. The fraction of sp³-hybridized carbons (Fsp3) is 0.154. The number of fused-ring (bicyclic) bond motifs is 1. The van der Waals surface area contributed by atoms with Crippen LogP contribution in [-0.2, 0) is 6.54 Å². The second-order valence-electron chi connectivity index (χ2n) is 3.80. The third-order valence-corrected chi connectivity index (χ3v) is 2.55. The molecule has 0 aliphatic heterocycles. The molecule has 0 aliphatic carbocycles. The first-order valence-electron chi connectivity index (χ1n) is 5.45. The Bertz CT molecular complexity index is 606.